The molecule has 1 unspecified atom stereocenters. The van der Waals surface area contributed by atoms with E-state index in [1.807, 2.05) is 6.92 Å². The molecule has 4 nitrogen and oxygen atoms in total. The highest BCUT2D eigenvalue weighted by Crippen LogP contribution is 2.37. The van der Waals surface area contributed by atoms with E-state index in [4.69, 9.17) is 16.9 Å². The number of carbonyl (C=O) groups excluding carboxylic acids is 1. The second kappa shape index (κ2) is 4.57. The first kappa shape index (κ1) is 12.2. The molecular formula is C13H13FN2O2. The fourth-order valence-electron chi connectivity index (χ4n) is 1.87. The van der Waals surface area contributed by atoms with Crippen LogP contribution >= 0.6 is 0 Å². The van der Waals surface area contributed by atoms with Gasteiger partial charge in [0.25, 0.3) is 5.91 Å². The highest BCUT2D eigenvalue weighted by molar-refractivity contribution is 6.00. The smallest absolute Gasteiger partial charge is 0.269 e. The molecular weight excluding hydrogens is 235 g/mol. The third-order valence-electron chi connectivity index (χ3n) is 2.80. The summed E-state index contributed by atoms with van der Waals surface area (Å²) < 4.78 is 18.8. The molecule has 0 spiro atoms. The first-order valence-corrected chi connectivity index (χ1v) is 5.59. The fourth-order valence-corrected chi connectivity index (χ4v) is 1.87. The number of ether oxygens (including phenoxy) is 1. The van der Waals surface area contributed by atoms with Crippen LogP contribution < -0.4 is 15.4 Å². The molecule has 94 valence electrons. The summed E-state index contributed by atoms with van der Waals surface area (Å²) in [5, 5.41) is 0. The van der Waals surface area contributed by atoms with Gasteiger partial charge in [0.15, 0.2) is 6.10 Å². The molecule has 1 atom stereocenters. The molecule has 1 aromatic carbocycles. The first-order chi connectivity index (χ1) is 8.58. The maximum absolute atomic E-state index is 13.4. The normalized spacial score (nSPS) is 17.9. The number of terminal acetylenes is 1. The van der Waals surface area contributed by atoms with E-state index < -0.39 is 11.9 Å². The molecule has 2 rings (SSSR count). The zero-order valence-corrected chi connectivity index (χ0v) is 9.94. The van der Waals surface area contributed by atoms with Crippen molar-refractivity contribution in [1.29, 1.82) is 0 Å². The quantitative estimate of drug-likeness (QED) is 0.638. The topological polar surface area (TPSA) is 55.6 Å². The van der Waals surface area contributed by atoms with Gasteiger partial charge in [-0.2, -0.15) is 0 Å². The van der Waals surface area contributed by atoms with Crippen molar-refractivity contribution in [2.24, 2.45) is 0 Å². The molecule has 0 aliphatic carbocycles. The van der Waals surface area contributed by atoms with E-state index in [1.165, 1.54) is 17.0 Å². The van der Waals surface area contributed by atoms with Crippen LogP contribution in [0.15, 0.2) is 12.1 Å². The van der Waals surface area contributed by atoms with E-state index in [-0.39, 0.29) is 18.1 Å². The number of hydrogen-bond acceptors (Lipinski definition) is 3. The zero-order valence-electron chi connectivity index (χ0n) is 9.94. The molecule has 0 radical (unpaired) electrons. The van der Waals surface area contributed by atoms with Gasteiger partial charge in [0.2, 0.25) is 0 Å². The van der Waals surface area contributed by atoms with E-state index in [2.05, 4.69) is 5.92 Å². The van der Waals surface area contributed by atoms with Gasteiger partial charge in [0.05, 0.1) is 17.9 Å². The highest BCUT2D eigenvalue weighted by atomic mass is 19.1. The Bertz CT molecular complexity index is 537. The fraction of sp³-hybridized carbons (Fsp3) is 0.308. The molecule has 18 heavy (non-hydrogen) atoms. The highest BCUT2D eigenvalue weighted by Gasteiger charge is 2.33. The van der Waals surface area contributed by atoms with Gasteiger partial charge in [-0.3, -0.25) is 9.69 Å². The molecule has 5 heteroatoms. The van der Waals surface area contributed by atoms with Crippen LogP contribution in [0.25, 0.3) is 0 Å². The van der Waals surface area contributed by atoms with Gasteiger partial charge < -0.3 is 10.5 Å². The van der Waals surface area contributed by atoms with Gasteiger partial charge in [-0.25, -0.2) is 4.39 Å². The number of anilines is 2. The van der Waals surface area contributed by atoms with Gasteiger partial charge in [-0.15, -0.1) is 6.42 Å². The molecule has 1 amide bonds. The second-order valence-electron chi connectivity index (χ2n) is 3.98. The summed E-state index contributed by atoms with van der Waals surface area (Å²) >= 11 is 0. The van der Waals surface area contributed by atoms with Crippen LogP contribution in [0, 0.1) is 18.2 Å². The van der Waals surface area contributed by atoms with E-state index >= 15 is 0 Å². The van der Waals surface area contributed by atoms with Crippen LogP contribution in [-0.4, -0.2) is 18.6 Å². The summed E-state index contributed by atoms with van der Waals surface area (Å²) in [6.07, 6.45) is 5.10. The summed E-state index contributed by atoms with van der Waals surface area (Å²) in [6, 6.07) is 2.55. The van der Waals surface area contributed by atoms with Crippen molar-refractivity contribution in [3.63, 3.8) is 0 Å². The van der Waals surface area contributed by atoms with E-state index in [0.29, 0.717) is 17.9 Å². The third-order valence-corrected chi connectivity index (χ3v) is 2.80. The lowest BCUT2D eigenvalue weighted by atomic mass is 10.1. The Morgan fingerprint density at radius 2 is 2.33 bits per heavy atom. The van der Waals surface area contributed by atoms with Crippen LogP contribution in [-0.2, 0) is 4.79 Å². The number of amides is 1. The molecule has 1 heterocycles. The second-order valence-corrected chi connectivity index (χ2v) is 3.98. The largest absolute Gasteiger partial charge is 0.478 e. The van der Waals surface area contributed by atoms with Gasteiger partial charge in [0.1, 0.15) is 11.6 Å². The summed E-state index contributed by atoms with van der Waals surface area (Å²) in [5.41, 5.74) is 5.87. The maximum atomic E-state index is 13.4. The zero-order chi connectivity index (χ0) is 13.3. The predicted octanol–water partition coefficient (Wildman–Crippen LogP) is 1.55. The lowest BCUT2D eigenvalue weighted by Crippen LogP contribution is -2.45. The summed E-state index contributed by atoms with van der Waals surface area (Å²) in [7, 11) is 0. The number of nitrogen functional groups attached to an aromatic ring is 1. The molecule has 1 aromatic rings. The standard InChI is InChI=1S/C13H13FN2O2/c1-3-5-16-10-7-9(15)8(14)6-12(10)18-11(4-2)13(16)17/h1,6-7,11H,4-5,15H2,2H3. The Morgan fingerprint density at radius 3 is 2.94 bits per heavy atom. The van der Waals surface area contributed by atoms with Crippen molar-refractivity contribution < 1.29 is 13.9 Å². The third kappa shape index (κ3) is 1.86. The number of halogens is 1. The molecule has 0 aromatic heterocycles. The van der Waals surface area contributed by atoms with E-state index in [1.54, 1.807) is 0 Å². The summed E-state index contributed by atoms with van der Waals surface area (Å²) in [6.45, 7) is 1.92. The van der Waals surface area contributed by atoms with Gasteiger partial charge in [-0.05, 0) is 12.5 Å². The van der Waals surface area contributed by atoms with Crippen LogP contribution in [0.5, 0.6) is 5.75 Å². The Labute approximate surface area is 105 Å². The number of nitrogens with zero attached hydrogens (tertiary/aromatic N) is 1. The monoisotopic (exact) mass is 248 g/mol. The van der Waals surface area contributed by atoms with Crippen LogP contribution in [0.1, 0.15) is 13.3 Å². The molecule has 0 fully saturated rings. The average molecular weight is 248 g/mol. The van der Waals surface area contributed by atoms with Crippen molar-refractivity contribution in [2.45, 2.75) is 19.4 Å². The van der Waals surface area contributed by atoms with Crippen molar-refractivity contribution in [1.82, 2.24) is 0 Å². The van der Waals surface area contributed by atoms with Crippen molar-refractivity contribution in [3.8, 4) is 18.1 Å². The molecule has 0 bridgehead atoms. The minimum atomic E-state index is -0.631. The number of rotatable bonds is 2. The van der Waals surface area contributed by atoms with E-state index in [9.17, 15) is 9.18 Å². The van der Waals surface area contributed by atoms with Crippen molar-refractivity contribution in [2.75, 3.05) is 17.2 Å². The molecule has 0 saturated heterocycles. The number of benzene rings is 1. The van der Waals surface area contributed by atoms with Crippen molar-refractivity contribution >= 4 is 17.3 Å². The molecule has 1 aliphatic rings. The van der Waals surface area contributed by atoms with Gasteiger partial charge in [0, 0.05) is 6.07 Å². The summed E-state index contributed by atoms with van der Waals surface area (Å²) in [4.78, 5) is 13.5. The number of nitrogens with two attached hydrogens (primary N) is 1. The Hall–Kier alpha value is -2.22. The lowest BCUT2D eigenvalue weighted by Gasteiger charge is -2.33. The summed E-state index contributed by atoms with van der Waals surface area (Å²) in [5.74, 6) is 1.90. The van der Waals surface area contributed by atoms with Gasteiger partial charge in [-0.1, -0.05) is 12.8 Å². The predicted molar refractivity (Wildman–Crippen MR) is 66.7 cm³/mol. The van der Waals surface area contributed by atoms with Crippen LogP contribution in [0.3, 0.4) is 0 Å². The number of hydrogen-bond donors (Lipinski definition) is 1. The molecule has 0 saturated carbocycles. The van der Waals surface area contributed by atoms with Gasteiger partial charge >= 0.3 is 0 Å². The Balaban J connectivity index is 2.52. The Kier molecular flexibility index (Phi) is 3.11. The SMILES string of the molecule is C#CCN1C(=O)C(CC)Oc2cc(F)c(N)cc21. The lowest BCUT2D eigenvalue weighted by molar-refractivity contribution is -0.126. The molecule has 1 aliphatic heterocycles. The van der Waals surface area contributed by atoms with E-state index in [0.717, 1.165) is 0 Å². The average Bonchev–Trinajstić information content (AvgIpc) is 2.35. The maximum Gasteiger partial charge on any atom is 0.269 e. The van der Waals surface area contributed by atoms with Crippen molar-refractivity contribution in [3.05, 3.63) is 17.9 Å². The minimum absolute atomic E-state index is 0.0397. The Morgan fingerprint density at radius 1 is 1.61 bits per heavy atom. The number of carbonyl (C=O) groups is 1. The van der Waals surface area contributed by atoms with Crippen LogP contribution in [0.2, 0.25) is 0 Å². The van der Waals surface area contributed by atoms with Crippen LogP contribution in [0.4, 0.5) is 15.8 Å². The molecule has 2 N–H and O–H groups in total. The minimum Gasteiger partial charge on any atom is -0.478 e. The first-order valence-electron chi connectivity index (χ1n) is 5.59. The number of fused-ring (bicyclic) bond motifs is 1.